The van der Waals surface area contributed by atoms with E-state index in [4.69, 9.17) is 4.74 Å². The summed E-state index contributed by atoms with van der Waals surface area (Å²) < 4.78 is 5.69. The third kappa shape index (κ3) is 5.48. The van der Waals surface area contributed by atoms with Gasteiger partial charge in [0, 0.05) is 31.9 Å². The van der Waals surface area contributed by atoms with Gasteiger partial charge >= 0.3 is 0 Å². The lowest BCUT2D eigenvalue weighted by molar-refractivity contribution is -0.122. The molecule has 1 saturated heterocycles. The number of amides is 1. The highest BCUT2D eigenvalue weighted by atomic mass is 79.9. The maximum absolute atomic E-state index is 12.2. The Morgan fingerprint density at radius 2 is 2.00 bits per heavy atom. The van der Waals surface area contributed by atoms with E-state index in [1.807, 2.05) is 6.07 Å². The van der Waals surface area contributed by atoms with Gasteiger partial charge in [0.15, 0.2) is 11.5 Å². The summed E-state index contributed by atoms with van der Waals surface area (Å²) in [6.07, 6.45) is 1.48. The van der Waals surface area contributed by atoms with E-state index in [0.717, 1.165) is 26.2 Å². The van der Waals surface area contributed by atoms with Gasteiger partial charge < -0.3 is 14.7 Å². The molecule has 0 radical (unpaired) electrons. The van der Waals surface area contributed by atoms with Gasteiger partial charge in [0.1, 0.15) is 0 Å². The summed E-state index contributed by atoms with van der Waals surface area (Å²) in [5, 5.41) is 13.9. The predicted octanol–water partition coefficient (Wildman–Crippen LogP) is 2.74. The van der Waals surface area contributed by atoms with E-state index in [9.17, 15) is 9.90 Å². The molecule has 1 aliphatic rings. The molecule has 0 unspecified atom stereocenters. The summed E-state index contributed by atoms with van der Waals surface area (Å²) >= 11 is 3.33. The molecule has 8 heteroatoms. The number of hydrogen-bond acceptors (Lipinski definition) is 6. The number of methoxy groups -OCH3 is 1. The third-order valence-corrected chi connectivity index (χ3v) is 5.44. The maximum Gasteiger partial charge on any atom is 0.254 e. The number of carbonyl (C=O) groups is 1. The van der Waals surface area contributed by atoms with Crippen LogP contribution in [0.15, 0.2) is 46.0 Å². The number of para-hydroxylation sites is 1. The zero-order valence-electron chi connectivity index (χ0n) is 16.6. The molecule has 3 rings (SSSR count). The molecule has 0 spiro atoms. The first kappa shape index (κ1) is 21.1. The average molecular weight is 461 g/mol. The van der Waals surface area contributed by atoms with Crippen molar-refractivity contribution in [1.29, 1.82) is 0 Å². The molecule has 0 bridgehead atoms. The number of piperazine rings is 1. The lowest BCUT2D eigenvalue weighted by atomic mass is 10.1. The monoisotopic (exact) mass is 460 g/mol. The molecule has 0 aromatic heterocycles. The summed E-state index contributed by atoms with van der Waals surface area (Å²) in [5.74, 6) is 0.194. The number of anilines is 1. The molecule has 1 aliphatic heterocycles. The SMILES string of the molecule is COc1c(O)cc(/C=N/NC(=O)CN2CCN(c3ccccc3C)CC2)cc1Br. The van der Waals surface area contributed by atoms with E-state index in [1.54, 1.807) is 6.07 Å². The molecule has 0 aliphatic carbocycles. The highest BCUT2D eigenvalue weighted by molar-refractivity contribution is 9.10. The van der Waals surface area contributed by atoms with Crippen molar-refractivity contribution in [2.24, 2.45) is 5.10 Å². The summed E-state index contributed by atoms with van der Waals surface area (Å²) in [4.78, 5) is 16.7. The fourth-order valence-electron chi connectivity index (χ4n) is 3.36. The lowest BCUT2D eigenvalue weighted by Crippen LogP contribution is -2.49. The Kier molecular flexibility index (Phi) is 7.11. The van der Waals surface area contributed by atoms with Gasteiger partial charge in [-0.05, 0) is 52.2 Å². The molecule has 0 atom stereocenters. The molecular formula is C21H25BrN4O3. The number of halogens is 1. The molecule has 154 valence electrons. The number of aryl methyl sites for hydroxylation is 1. The minimum absolute atomic E-state index is 0.00109. The van der Waals surface area contributed by atoms with E-state index in [-0.39, 0.29) is 11.7 Å². The zero-order chi connectivity index (χ0) is 20.8. The Balaban J connectivity index is 1.47. The van der Waals surface area contributed by atoms with Crippen LogP contribution in [0, 0.1) is 6.92 Å². The highest BCUT2D eigenvalue weighted by Crippen LogP contribution is 2.34. The van der Waals surface area contributed by atoms with Gasteiger partial charge in [-0.25, -0.2) is 5.43 Å². The summed E-state index contributed by atoms with van der Waals surface area (Å²) in [6.45, 7) is 5.85. The number of phenols is 1. The smallest absolute Gasteiger partial charge is 0.254 e. The summed E-state index contributed by atoms with van der Waals surface area (Å²) in [6, 6.07) is 11.6. The number of hydrogen-bond donors (Lipinski definition) is 2. The number of ether oxygens (including phenoxy) is 1. The standard InChI is InChI=1S/C21H25BrN4O3/c1-15-5-3-4-6-18(15)26-9-7-25(8-10-26)14-20(28)24-23-13-16-11-17(22)21(29-2)19(27)12-16/h3-6,11-13,27H,7-10,14H2,1-2H3,(H,24,28)/b23-13+. The first-order valence-corrected chi connectivity index (χ1v) is 10.2. The molecule has 2 aromatic carbocycles. The van der Waals surface area contributed by atoms with Gasteiger partial charge in [-0.15, -0.1) is 0 Å². The van der Waals surface area contributed by atoms with Crippen LogP contribution in [-0.2, 0) is 4.79 Å². The van der Waals surface area contributed by atoms with Crippen molar-refractivity contribution in [3.8, 4) is 11.5 Å². The van der Waals surface area contributed by atoms with Crippen molar-refractivity contribution in [3.63, 3.8) is 0 Å². The first-order chi connectivity index (χ1) is 14.0. The Morgan fingerprint density at radius 3 is 2.66 bits per heavy atom. The number of rotatable bonds is 6. The Labute approximate surface area is 179 Å². The largest absolute Gasteiger partial charge is 0.504 e. The molecule has 2 aromatic rings. The molecule has 7 nitrogen and oxygen atoms in total. The van der Waals surface area contributed by atoms with Crippen LogP contribution in [0.2, 0.25) is 0 Å². The van der Waals surface area contributed by atoms with Gasteiger partial charge in [-0.1, -0.05) is 18.2 Å². The van der Waals surface area contributed by atoms with Crippen molar-refractivity contribution >= 4 is 33.7 Å². The Bertz CT molecular complexity index is 872. The van der Waals surface area contributed by atoms with Crippen molar-refractivity contribution in [2.75, 3.05) is 44.7 Å². The number of nitrogens with zero attached hydrogens (tertiary/aromatic N) is 3. The topological polar surface area (TPSA) is 77.4 Å². The second-order valence-electron chi connectivity index (χ2n) is 6.90. The van der Waals surface area contributed by atoms with Crippen LogP contribution < -0.4 is 15.1 Å². The van der Waals surface area contributed by atoms with E-state index in [0.29, 0.717) is 22.3 Å². The molecule has 1 heterocycles. The number of aromatic hydroxyl groups is 1. The van der Waals surface area contributed by atoms with Crippen LogP contribution in [0.5, 0.6) is 11.5 Å². The summed E-state index contributed by atoms with van der Waals surface area (Å²) in [5.41, 5.74) is 5.71. The van der Waals surface area contributed by atoms with Gasteiger partial charge in [-0.3, -0.25) is 9.69 Å². The number of phenolic OH excluding ortho intramolecular Hbond substituents is 1. The predicted molar refractivity (Wildman–Crippen MR) is 118 cm³/mol. The van der Waals surface area contributed by atoms with Crippen molar-refractivity contribution in [1.82, 2.24) is 10.3 Å². The minimum Gasteiger partial charge on any atom is -0.504 e. The second-order valence-corrected chi connectivity index (χ2v) is 7.75. The quantitative estimate of drug-likeness (QED) is 0.511. The zero-order valence-corrected chi connectivity index (χ0v) is 18.1. The van der Waals surface area contributed by atoms with Gasteiger partial charge in [-0.2, -0.15) is 5.10 Å². The number of carbonyl (C=O) groups excluding carboxylic acids is 1. The molecule has 1 amide bonds. The minimum atomic E-state index is -0.164. The molecule has 1 fully saturated rings. The van der Waals surface area contributed by atoms with Gasteiger partial charge in [0.05, 0.1) is 24.3 Å². The van der Waals surface area contributed by atoms with Crippen LogP contribution in [0.3, 0.4) is 0 Å². The van der Waals surface area contributed by atoms with Crippen molar-refractivity contribution < 1.29 is 14.6 Å². The Morgan fingerprint density at radius 1 is 1.28 bits per heavy atom. The second kappa shape index (κ2) is 9.76. The first-order valence-electron chi connectivity index (χ1n) is 9.39. The van der Waals surface area contributed by atoms with Crippen LogP contribution in [0.25, 0.3) is 0 Å². The van der Waals surface area contributed by atoms with Gasteiger partial charge in [0.2, 0.25) is 0 Å². The van der Waals surface area contributed by atoms with Gasteiger partial charge in [0.25, 0.3) is 5.91 Å². The van der Waals surface area contributed by atoms with Crippen LogP contribution in [0.4, 0.5) is 5.69 Å². The fraction of sp³-hybridized carbons (Fsp3) is 0.333. The van der Waals surface area contributed by atoms with E-state index in [2.05, 4.69) is 61.4 Å². The number of benzene rings is 2. The van der Waals surface area contributed by atoms with Crippen LogP contribution in [0.1, 0.15) is 11.1 Å². The molecule has 2 N–H and O–H groups in total. The van der Waals surface area contributed by atoms with E-state index >= 15 is 0 Å². The molecule has 29 heavy (non-hydrogen) atoms. The lowest BCUT2D eigenvalue weighted by Gasteiger charge is -2.36. The molecular weight excluding hydrogens is 436 g/mol. The van der Waals surface area contributed by atoms with Crippen LogP contribution >= 0.6 is 15.9 Å². The van der Waals surface area contributed by atoms with Crippen molar-refractivity contribution in [2.45, 2.75) is 6.92 Å². The normalized spacial score (nSPS) is 14.9. The summed E-state index contributed by atoms with van der Waals surface area (Å²) in [7, 11) is 1.48. The van der Waals surface area contributed by atoms with E-state index in [1.165, 1.54) is 30.6 Å². The van der Waals surface area contributed by atoms with E-state index < -0.39 is 0 Å². The number of hydrazone groups is 1. The fourth-order valence-corrected chi connectivity index (χ4v) is 3.99. The maximum atomic E-state index is 12.2. The Hall–Kier alpha value is -2.58. The average Bonchev–Trinajstić information content (AvgIpc) is 2.69. The molecule has 0 saturated carbocycles. The third-order valence-electron chi connectivity index (χ3n) is 4.85. The van der Waals surface area contributed by atoms with Crippen molar-refractivity contribution in [3.05, 3.63) is 52.0 Å². The number of nitrogens with one attached hydrogen (secondary N) is 1. The van der Waals surface area contributed by atoms with Crippen LogP contribution in [-0.4, -0.2) is 62.0 Å². The highest BCUT2D eigenvalue weighted by Gasteiger charge is 2.19.